The van der Waals surface area contributed by atoms with Crippen molar-refractivity contribution in [3.05, 3.63) is 0 Å². The molecule has 0 radical (unpaired) electrons. The molecule has 18 heavy (non-hydrogen) atoms. The number of likely N-dealkylation sites (tertiary alicyclic amines) is 1. The molecule has 1 aliphatic heterocycles. The molecule has 3 atom stereocenters. The van der Waals surface area contributed by atoms with E-state index in [2.05, 4.69) is 19.2 Å². The van der Waals surface area contributed by atoms with Gasteiger partial charge in [-0.15, -0.1) is 0 Å². The molecule has 0 aromatic carbocycles. The largest absolute Gasteiger partial charge is 0.480 e. The molecule has 2 amide bonds. The highest BCUT2D eigenvalue weighted by Crippen LogP contribution is 2.18. The average molecular weight is 256 g/mol. The number of aliphatic carboxylic acids is 1. The zero-order valence-corrected chi connectivity index (χ0v) is 11.5. The number of carboxylic acids is 1. The summed E-state index contributed by atoms with van der Waals surface area (Å²) < 4.78 is 0. The Kier molecular flexibility index (Phi) is 5.44. The molecule has 0 bridgehead atoms. The van der Waals surface area contributed by atoms with E-state index in [4.69, 9.17) is 5.11 Å². The maximum Gasteiger partial charge on any atom is 0.326 e. The maximum absolute atomic E-state index is 12.1. The van der Waals surface area contributed by atoms with Crippen molar-refractivity contribution in [1.82, 2.24) is 10.2 Å². The van der Waals surface area contributed by atoms with E-state index in [-0.39, 0.29) is 12.1 Å². The van der Waals surface area contributed by atoms with Gasteiger partial charge in [0.1, 0.15) is 6.04 Å². The van der Waals surface area contributed by atoms with Crippen molar-refractivity contribution < 1.29 is 14.7 Å². The fourth-order valence-electron chi connectivity index (χ4n) is 2.20. The number of hydrogen-bond donors (Lipinski definition) is 2. The predicted molar refractivity (Wildman–Crippen MR) is 69.4 cm³/mol. The summed E-state index contributed by atoms with van der Waals surface area (Å²) in [4.78, 5) is 24.7. The van der Waals surface area contributed by atoms with Crippen molar-refractivity contribution in [3.8, 4) is 0 Å². The Morgan fingerprint density at radius 1 is 1.39 bits per heavy atom. The van der Waals surface area contributed by atoms with Crippen LogP contribution < -0.4 is 5.32 Å². The van der Waals surface area contributed by atoms with E-state index >= 15 is 0 Å². The van der Waals surface area contributed by atoms with Gasteiger partial charge in [-0.2, -0.15) is 0 Å². The fourth-order valence-corrected chi connectivity index (χ4v) is 2.20. The van der Waals surface area contributed by atoms with Crippen LogP contribution in [0.2, 0.25) is 0 Å². The normalized spacial score (nSPS) is 23.3. The zero-order valence-electron chi connectivity index (χ0n) is 11.5. The highest BCUT2D eigenvalue weighted by molar-refractivity contribution is 5.83. The van der Waals surface area contributed by atoms with Crippen molar-refractivity contribution in [3.63, 3.8) is 0 Å². The molecule has 0 aliphatic carbocycles. The summed E-state index contributed by atoms with van der Waals surface area (Å²) in [6.07, 6.45) is 3.31. The van der Waals surface area contributed by atoms with Gasteiger partial charge in [-0.3, -0.25) is 0 Å². The number of nitrogens with one attached hydrogen (secondary N) is 1. The molecule has 1 fully saturated rings. The van der Waals surface area contributed by atoms with Crippen LogP contribution in [0.1, 0.15) is 46.5 Å². The second kappa shape index (κ2) is 6.61. The Labute approximate surface area is 109 Å². The van der Waals surface area contributed by atoms with Crippen LogP contribution in [-0.4, -0.2) is 40.6 Å². The lowest BCUT2D eigenvalue weighted by Crippen LogP contribution is -2.54. The van der Waals surface area contributed by atoms with E-state index in [0.717, 1.165) is 19.3 Å². The number of carbonyl (C=O) groups excluding carboxylic acids is 1. The van der Waals surface area contributed by atoms with Crippen LogP contribution in [0.25, 0.3) is 0 Å². The fraction of sp³-hybridized carbons (Fsp3) is 0.846. The van der Waals surface area contributed by atoms with Crippen LogP contribution in [0, 0.1) is 5.92 Å². The van der Waals surface area contributed by atoms with Crippen LogP contribution in [0.5, 0.6) is 0 Å². The van der Waals surface area contributed by atoms with Crippen molar-refractivity contribution >= 4 is 12.0 Å². The van der Waals surface area contributed by atoms with Crippen LogP contribution in [0.4, 0.5) is 4.79 Å². The smallest absolute Gasteiger partial charge is 0.326 e. The van der Waals surface area contributed by atoms with Gasteiger partial charge in [-0.05, 0) is 32.1 Å². The van der Waals surface area contributed by atoms with E-state index in [1.165, 1.54) is 4.90 Å². The van der Waals surface area contributed by atoms with E-state index in [0.29, 0.717) is 18.9 Å². The molecule has 1 heterocycles. The molecular formula is C13H24N2O3. The van der Waals surface area contributed by atoms with Gasteiger partial charge in [0.05, 0.1) is 0 Å². The van der Waals surface area contributed by atoms with Gasteiger partial charge in [0, 0.05) is 12.6 Å². The first kappa shape index (κ1) is 14.8. The first-order valence-electron chi connectivity index (χ1n) is 6.77. The monoisotopic (exact) mass is 256 g/mol. The summed E-state index contributed by atoms with van der Waals surface area (Å²) in [5.41, 5.74) is 0. The van der Waals surface area contributed by atoms with Gasteiger partial charge in [-0.1, -0.05) is 20.3 Å². The molecule has 104 valence electrons. The lowest BCUT2D eigenvalue weighted by Gasteiger charge is -2.34. The predicted octanol–water partition coefficient (Wildman–Crippen LogP) is 2.07. The highest BCUT2D eigenvalue weighted by atomic mass is 16.4. The first-order valence-corrected chi connectivity index (χ1v) is 6.77. The zero-order chi connectivity index (χ0) is 13.7. The van der Waals surface area contributed by atoms with Gasteiger partial charge in [0.2, 0.25) is 0 Å². The van der Waals surface area contributed by atoms with Crippen LogP contribution in [0.3, 0.4) is 0 Å². The minimum Gasteiger partial charge on any atom is -0.480 e. The molecule has 2 N–H and O–H groups in total. The minimum atomic E-state index is -0.902. The Balaban J connectivity index is 2.61. The Hall–Kier alpha value is -1.26. The molecule has 5 heteroatoms. The number of nitrogens with zero attached hydrogens (tertiary/aromatic N) is 1. The van der Waals surface area contributed by atoms with Gasteiger partial charge in [0.25, 0.3) is 0 Å². The van der Waals surface area contributed by atoms with Crippen LogP contribution >= 0.6 is 0 Å². The maximum atomic E-state index is 12.1. The third-order valence-corrected chi connectivity index (χ3v) is 3.90. The van der Waals surface area contributed by atoms with Crippen molar-refractivity contribution in [2.24, 2.45) is 5.92 Å². The van der Waals surface area contributed by atoms with E-state index in [1.807, 2.05) is 6.92 Å². The van der Waals surface area contributed by atoms with Gasteiger partial charge in [0.15, 0.2) is 0 Å². The lowest BCUT2D eigenvalue weighted by molar-refractivity contribution is -0.143. The molecule has 0 aromatic rings. The van der Waals surface area contributed by atoms with Crippen LogP contribution in [-0.2, 0) is 4.79 Å². The third kappa shape index (κ3) is 3.62. The van der Waals surface area contributed by atoms with E-state index < -0.39 is 12.0 Å². The summed E-state index contributed by atoms with van der Waals surface area (Å²) in [6, 6.07) is -0.836. The molecule has 1 aliphatic rings. The molecule has 0 spiro atoms. The summed E-state index contributed by atoms with van der Waals surface area (Å²) >= 11 is 0. The number of rotatable bonds is 4. The molecule has 3 unspecified atom stereocenters. The Morgan fingerprint density at radius 2 is 2.06 bits per heavy atom. The number of carboxylic acid groups (broad SMARTS) is 1. The Morgan fingerprint density at radius 3 is 2.61 bits per heavy atom. The van der Waals surface area contributed by atoms with E-state index in [9.17, 15) is 9.59 Å². The highest BCUT2D eigenvalue weighted by Gasteiger charge is 2.32. The second-order valence-corrected chi connectivity index (χ2v) is 5.17. The summed E-state index contributed by atoms with van der Waals surface area (Å²) in [6.45, 7) is 6.66. The third-order valence-electron chi connectivity index (χ3n) is 3.90. The summed E-state index contributed by atoms with van der Waals surface area (Å²) in [5, 5.41) is 12.0. The van der Waals surface area contributed by atoms with Crippen molar-refractivity contribution in [2.75, 3.05) is 6.54 Å². The molecule has 0 saturated carbocycles. The van der Waals surface area contributed by atoms with Crippen LogP contribution in [0.15, 0.2) is 0 Å². The number of carbonyl (C=O) groups is 2. The number of hydrogen-bond acceptors (Lipinski definition) is 2. The standard InChI is InChI=1S/C13H24N2O3/c1-4-9(2)10(3)14-13(18)15-8-6-5-7-11(15)12(16)17/h9-11H,4-8H2,1-3H3,(H,14,18)(H,16,17). The molecule has 1 rings (SSSR count). The van der Waals surface area contributed by atoms with E-state index in [1.54, 1.807) is 0 Å². The average Bonchev–Trinajstić information content (AvgIpc) is 2.37. The second-order valence-electron chi connectivity index (χ2n) is 5.17. The van der Waals surface area contributed by atoms with Crippen molar-refractivity contribution in [1.29, 1.82) is 0 Å². The van der Waals surface area contributed by atoms with Gasteiger partial charge in [-0.25, -0.2) is 9.59 Å². The van der Waals surface area contributed by atoms with Gasteiger partial charge >= 0.3 is 12.0 Å². The SMILES string of the molecule is CCC(C)C(C)NC(=O)N1CCCCC1C(=O)O. The topological polar surface area (TPSA) is 69.6 Å². The molecular weight excluding hydrogens is 232 g/mol. The van der Waals surface area contributed by atoms with Crippen molar-refractivity contribution in [2.45, 2.75) is 58.5 Å². The molecule has 5 nitrogen and oxygen atoms in total. The number of urea groups is 1. The lowest BCUT2D eigenvalue weighted by atomic mass is 10.0. The molecule has 0 aromatic heterocycles. The van der Waals surface area contributed by atoms with Gasteiger partial charge < -0.3 is 15.3 Å². The summed E-state index contributed by atoms with van der Waals surface area (Å²) in [5.74, 6) is -0.511. The number of amides is 2. The molecule has 1 saturated heterocycles. The Bertz CT molecular complexity index is 307. The summed E-state index contributed by atoms with van der Waals surface area (Å²) in [7, 11) is 0. The number of piperidine rings is 1. The minimum absolute atomic E-state index is 0.0684. The quantitative estimate of drug-likeness (QED) is 0.809. The first-order chi connectivity index (χ1) is 8.47.